The number of alkyl halides is 3. The molecule has 2 heterocycles. The van der Waals surface area contributed by atoms with Gasteiger partial charge in [-0.2, -0.15) is 13.2 Å². The molecule has 0 unspecified atom stereocenters. The normalized spacial score (nSPS) is 18.0. The van der Waals surface area contributed by atoms with E-state index in [0.29, 0.717) is 24.4 Å². The zero-order chi connectivity index (χ0) is 39.4. The number of aromatic nitrogens is 4. The van der Waals surface area contributed by atoms with E-state index in [1.807, 2.05) is 36.4 Å². The molecule has 4 atom stereocenters. The third kappa shape index (κ3) is 10.6. The highest BCUT2D eigenvalue weighted by Gasteiger charge is 2.44. The van der Waals surface area contributed by atoms with Crippen LogP contribution in [0.15, 0.2) is 67.0 Å². The Labute approximate surface area is 307 Å². The van der Waals surface area contributed by atoms with Gasteiger partial charge in [0.2, 0.25) is 11.7 Å². The Kier molecular flexibility index (Phi) is 14.2. The lowest BCUT2D eigenvalue weighted by Crippen LogP contribution is -2.42. The third-order valence-electron chi connectivity index (χ3n) is 8.45. The quantitative estimate of drug-likeness (QED) is 0.0923. The van der Waals surface area contributed by atoms with Crippen molar-refractivity contribution in [2.75, 3.05) is 31.5 Å². The number of aliphatic hydroxyl groups excluding tert-OH is 2. The fourth-order valence-electron chi connectivity index (χ4n) is 5.77. The minimum absolute atomic E-state index is 0.0585. The van der Waals surface area contributed by atoms with Gasteiger partial charge in [-0.3, -0.25) is 9.59 Å². The average Bonchev–Trinajstić information content (AvgIpc) is 3.70. The minimum atomic E-state index is -5.08. The van der Waals surface area contributed by atoms with Gasteiger partial charge < -0.3 is 46.5 Å². The number of carbonyl (C=O) groups excluding carboxylic acids is 3. The number of halogens is 3. The Morgan fingerprint density at radius 2 is 1.48 bits per heavy atom. The van der Waals surface area contributed by atoms with E-state index in [1.54, 1.807) is 18.4 Å². The number of urea groups is 1. The first-order valence-corrected chi connectivity index (χ1v) is 17.1. The van der Waals surface area contributed by atoms with Crippen molar-refractivity contribution in [1.82, 2.24) is 40.8 Å². The number of hydrogen-bond acceptors (Lipinski definition) is 10. The van der Waals surface area contributed by atoms with Gasteiger partial charge in [-0.15, -0.1) is 0 Å². The first-order valence-electron chi connectivity index (χ1n) is 17.1. The van der Waals surface area contributed by atoms with Crippen molar-refractivity contribution in [3.63, 3.8) is 0 Å². The number of aliphatic hydroxyl groups is 2. The molecule has 8 N–H and O–H groups in total. The molecule has 0 saturated heterocycles. The van der Waals surface area contributed by atoms with Gasteiger partial charge in [0.15, 0.2) is 11.5 Å². The molecular formula is C35H42F3N9O7. The molecule has 54 heavy (non-hydrogen) atoms. The Hall–Kier alpha value is -5.82. The zero-order valence-corrected chi connectivity index (χ0v) is 29.4. The van der Waals surface area contributed by atoms with Gasteiger partial charge in [-0.1, -0.05) is 67.6 Å². The SMILES string of the molecule is CCNC(=O)NCCNC(=O)c1nc(NCC(c2ccccc2)c2ccccc2)c2ncn([C@@H]3C[C@H](NC(=O)CC)[C@@H](O)[C@H]3O)c2n1.O=C(O)C(F)(F)F. The maximum Gasteiger partial charge on any atom is 0.490 e. The lowest BCUT2D eigenvalue weighted by molar-refractivity contribution is -0.192. The number of benzene rings is 2. The number of aliphatic carboxylic acids is 1. The molecule has 16 nitrogen and oxygen atoms in total. The summed E-state index contributed by atoms with van der Waals surface area (Å²) in [6.45, 7) is 4.73. The summed E-state index contributed by atoms with van der Waals surface area (Å²) in [6, 6.07) is 18.4. The van der Waals surface area contributed by atoms with Crippen LogP contribution in [-0.2, 0) is 9.59 Å². The van der Waals surface area contributed by atoms with Gasteiger partial charge in [0, 0.05) is 38.5 Å². The van der Waals surface area contributed by atoms with Crippen molar-refractivity contribution in [3.05, 3.63) is 83.9 Å². The van der Waals surface area contributed by atoms with E-state index in [4.69, 9.17) is 9.90 Å². The van der Waals surface area contributed by atoms with Gasteiger partial charge in [0.05, 0.1) is 18.4 Å². The van der Waals surface area contributed by atoms with Gasteiger partial charge >= 0.3 is 18.2 Å². The molecule has 2 aromatic heterocycles. The summed E-state index contributed by atoms with van der Waals surface area (Å²) in [4.78, 5) is 59.7. The number of imidazole rings is 1. The minimum Gasteiger partial charge on any atom is -0.475 e. The Morgan fingerprint density at radius 1 is 0.889 bits per heavy atom. The monoisotopic (exact) mass is 757 g/mol. The van der Waals surface area contributed by atoms with Gasteiger partial charge in [0.1, 0.15) is 17.7 Å². The van der Waals surface area contributed by atoms with E-state index in [2.05, 4.69) is 65.8 Å². The number of anilines is 1. The first-order chi connectivity index (χ1) is 25.7. The van der Waals surface area contributed by atoms with Crippen LogP contribution in [0.2, 0.25) is 0 Å². The number of amides is 4. The molecule has 2 aromatic carbocycles. The van der Waals surface area contributed by atoms with Crippen molar-refractivity contribution >= 4 is 40.8 Å². The number of rotatable bonds is 13. The Bertz CT molecular complexity index is 1840. The second kappa shape index (κ2) is 18.8. The molecule has 1 saturated carbocycles. The summed E-state index contributed by atoms with van der Waals surface area (Å²) in [6.07, 6.45) is -5.54. The second-order valence-corrected chi connectivity index (χ2v) is 12.1. The number of nitrogens with one attached hydrogen (secondary N) is 5. The molecule has 290 valence electrons. The summed E-state index contributed by atoms with van der Waals surface area (Å²) < 4.78 is 33.4. The number of carboxylic acid groups (broad SMARTS) is 1. The molecular weight excluding hydrogens is 715 g/mol. The molecule has 0 radical (unpaired) electrons. The number of carbonyl (C=O) groups is 4. The average molecular weight is 758 g/mol. The van der Waals surface area contributed by atoms with Crippen molar-refractivity contribution < 1.29 is 47.7 Å². The number of hydrogen-bond donors (Lipinski definition) is 8. The van der Waals surface area contributed by atoms with Crippen LogP contribution in [0.1, 0.15) is 60.4 Å². The predicted molar refractivity (Wildman–Crippen MR) is 190 cm³/mol. The van der Waals surface area contributed by atoms with E-state index < -0.39 is 42.3 Å². The summed E-state index contributed by atoms with van der Waals surface area (Å²) in [5.74, 6) is -3.44. The second-order valence-electron chi connectivity index (χ2n) is 12.1. The van der Waals surface area contributed by atoms with Crippen molar-refractivity contribution in [2.45, 2.75) is 63.1 Å². The van der Waals surface area contributed by atoms with Crippen molar-refractivity contribution in [1.29, 1.82) is 0 Å². The van der Waals surface area contributed by atoms with Crippen molar-refractivity contribution in [2.24, 2.45) is 0 Å². The predicted octanol–water partition coefficient (Wildman–Crippen LogP) is 2.31. The lowest BCUT2D eigenvalue weighted by Gasteiger charge is -2.20. The summed E-state index contributed by atoms with van der Waals surface area (Å²) in [5, 5.41) is 43.1. The largest absolute Gasteiger partial charge is 0.490 e. The molecule has 0 aliphatic heterocycles. The summed E-state index contributed by atoms with van der Waals surface area (Å²) in [7, 11) is 0. The molecule has 1 aliphatic rings. The third-order valence-corrected chi connectivity index (χ3v) is 8.45. The van der Waals surface area contributed by atoms with Crippen LogP contribution >= 0.6 is 0 Å². The van der Waals surface area contributed by atoms with Crippen LogP contribution in [0.5, 0.6) is 0 Å². The molecule has 4 aromatic rings. The molecule has 0 bridgehead atoms. The standard InChI is InChI=1S/C33H41N9O5.C2HF3O2/c1-3-25(43)39-23-17-24(28(45)27(23)44)42-19-38-26-29(37-18-22(20-11-7-5-8-12-20)21-13-9-6-10-14-21)40-30(41-31(26)42)32(46)35-15-16-36-33(47)34-4-2;3-2(4,5)1(6)7/h5-14,19,22-24,27-28,44-45H,3-4,15-18H2,1-2H3,(H,35,46)(H,39,43)(H2,34,36,47)(H,37,40,41);(H,6,7)/t23-,24+,27+,28-;/m0./s1. The van der Waals surface area contributed by atoms with Gasteiger partial charge in [0.25, 0.3) is 5.91 Å². The zero-order valence-electron chi connectivity index (χ0n) is 29.4. The Morgan fingerprint density at radius 3 is 2.04 bits per heavy atom. The molecule has 19 heteroatoms. The van der Waals surface area contributed by atoms with Gasteiger partial charge in [-0.25, -0.2) is 24.5 Å². The molecule has 4 amide bonds. The highest BCUT2D eigenvalue weighted by atomic mass is 19.4. The van der Waals surface area contributed by atoms with Gasteiger partial charge in [-0.05, 0) is 24.5 Å². The maximum absolute atomic E-state index is 13.3. The van der Waals surface area contributed by atoms with E-state index >= 15 is 0 Å². The van der Waals surface area contributed by atoms with Crippen LogP contribution in [-0.4, -0.2) is 109 Å². The van der Waals surface area contributed by atoms with Crippen LogP contribution in [0, 0.1) is 0 Å². The van der Waals surface area contributed by atoms with Crippen LogP contribution < -0.4 is 26.6 Å². The molecule has 5 rings (SSSR count). The molecule has 1 fully saturated rings. The summed E-state index contributed by atoms with van der Waals surface area (Å²) >= 11 is 0. The van der Waals surface area contributed by atoms with E-state index in [-0.39, 0.29) is 55.3 Å². The highest BCUT2D eigenvalue weighted by Crippen LogP contribution is 2.34. The highest BCUT2D eigenvalue weighted by molar-refractivity contribution is 5.94. The fraction of sp³-hybridized carbons (Fsp3) is 0.400. The molecule has 0 spiro atoms. The Balaban J connectivity index is 0.000000845. The number of nitrogens with zero attached hydrogens (tertiary/aromatic N) is 4. The van der Waals surface area contributed by atoms with Crippen LogP contribution in [0.25, 0.3) is 11.2 Å². The number of carboxylic acids is 1. The van der Waals surface area contributed by atoms with Crippen LogP contribution in [0.3, 0.4) is 0 Å². The fourth-order valence-corrected chi connectivity index (χ4v) is 5.77. The van der Waals surface area contributed by atoms with Crippen LogP contribution in [0.4, 0.5) is 23.8 Å². The first kappa shape index (κ1) is 40.9. The lowest BCUT2D eigenvalue weighted by atomic mass is 9.91. The summed E-state index contributed by atoms with van der Waals surface area (Å²) in [5.41, 5.74) is 2.83. The van der Waals surface area contributed by atoms with E-state index in [1.165, 1.54) is 6.33 Å². The number of fused-ring (bicyclic) bond motifs is 1. The van der Waals surface area contributed by atoms with E-state index in [0.717, 1.165) is 11.1 Å². The van der Waals surface area contributed by atoms with E-state index in [9.17, 15) is 37.8 Å². The molecule has 1 aliphatic carbocycles. The smallest absolute Gasteiger partial charge is 0.475 e. The maximum atomic E-state index is 13.3. The topological polar surface area (TPSA) is 233 Å². The van der Waals surface area contributed by atoms with Crippen molar-refractivity contribution in [3.8, 4) is 0 Å².